The van der Waals surface area contributed by atoms with E-state index in [1.54, 1.807) is 6.07 Å². The summed E-state index contributed by atoms with van der Waals surface area (Å²) < 4.78 is 28.8. The summed E-state index contributed by atoms with van der Waals surface area (Å²) in [6.07, 6.45) is 1.17. The van der Waals surface area contributed by atoms with Gasteiger partial charge in [-0.3, -0.25) is 4.72 Å². The number of hydrogen-bond donors (Lipinski definition) is 1. The van der Waals surface area contributed by atoms with Gasteiger partial charge < -0.3 is 0 Å². The molecule has 0 spiro atoms. The lowest BCUT2D eigenvalue weighted by molar-refractivity contribution is 0.600. The van der Waals surface area contributed by atoms with Crippen LogP contribution < -0.4 is 4.72 Å². The van der Waals surface area contributed by atoms with Gasteiger partial charge in [0.05, 0.1) is 19.7 Å². The van der Waals surface area contributed by atoms with Crippen LogP contribution in [-0.4, -0.2) is 13.4 Å². The lowest BCUT2D eigenvalue weighted by Crippen LogP contribution is -2.14. The van der Waals surface area contributed by atoms with Crippen molar-refractivity contribution in [1.82, 2.24) is 4.98 Å². The van der Waals surface area contributed by atoms with Crippen LogP contribution >= 0.6 is 71.0 Å². The standard InChI is InChI=1S/C12H7Br3Cl2N2O2S/c1-5-2-7(13)11(9(15)10(5)16)19-22(20,21)6-3-8(14)12(17)18-4-6/h2-4,19H,1H3. The van der Waals surface area contributed by atoms with E-state index in [0.717, 1.165) is 5.56 Å². The van der Waals surface area contributed by atoms with Crippen molar-refractivity contribution in [3.05, 3.63) is 47.5 Å². The van der Waals surface area contributed by atoms with E-state index in [1.807, 2.05) is 6.92 Å². The monoisotopic (exact) mass is 550 g/mol. The molecule has 0 saturated heterocycles. The van der Waals surface area contributed by atoms with Crippen LogP contribution in [-0.2, 0) is 10.0 Å². The van der Waals surface area contributed by atoms with Gasteiger partial charge in [-0.05, 0) is 72.4 Å². The number of pyridine rings is 1. The molecule has 0 amide bonds. The van der Waals surface area contributed by atoms with E-state index in [2.05, 4.69) is 57.5 Å². The summed E-state index contributed by atoms with van der Waals surface area (Å²) in [6, 6.07) is 3.09. The van der Waals surface area contributed by atoms with Crippen LogP contribution in [0.5, 0.6) is 0 Å². The van der Waals surface area contributed by atoms with Gasteiger partial charge in [-0.1, -0.05) is 23.2 Å². The van der Waals surface area contributed by atoms with Gasteiger partial charge in [-0.25, -0.2) is 13.4 Å². The van der Waals surface area contributed by atoms with Crippen LogP contribution in [0.3, 0.4) is 0 Å². The Kier molecular flexibility index (Phi) is 5.83. The zero-order valence-electron chi connectivity index (χ0n) is 10.8. The summed E-state index contributed by atoms with van der Waals surface area (Å²) in [6.45, 7) is 1.82. The highest BCUT2D eigenvalue weighted by molar-refractivity contribution is 9.11. The van der Waals surface area contributed by atoms with Gasteiger partial charge in [0.2, 0.25) is 0 Å². The van der Waals surface area contributed by atoms with Crippen molar-refractivity contribution in [2.75, 3.05) is 4.72 Å². The fourth-order valence-electron chi connectivity index (χ4n) is 1.55. The minimum Gasteiger partial charge on any atom is -0.277 e. The molecular weight excluding hydrogens is 547 g/mol. The molecule has 2 rings (SSSR count). The number of anilines is 1. The largest absolute Gasteiger partial charge is 0.277 e. The summed E-state index contributed by atoms with van der Waals surface area (Å²) in [5.41, 5.74) is 1.11. The van der Waals surface area contributed by atoms with Gasteiger partial charge in [0.15, 0.2) is 0 Å². The maximum atomic E-state index is 12.5. The molecule has 0 radical (unpaired) electrons. The second-order valence-electron chi connectivity index (χ2n) is 4.23. The summed E-state index contributed by atoms with van der Waals surface area (Å²) in [5.74, 6) is 0. The van der Waals surface area contributed by atoms with Crippen LogP contribution in [0, 0.1) is 6.92 Å². The van der Waals surface area contributed by atoms with Crippen molar-refractivity contribution >= 4 is 86.7 Å². The first kappa shape index (κ1) is 18.5. The third kappa shape index (κ3) is 3.79. The van der Waals surface area contributed by atoms with E-state index < -0.39 is 10.0 Å². The smallest absolute Gasteiger partial charge is 0.263 e. The second-order valence-corrected chi connectivity index (χ2v) is 9.15. The Hall–Kier alpha value is 0.140. The molecule has 10 heteroatoms. The van der Waals surface area contributed by atoms with Gasteiger partial charge in [-0.15, -0.1) is 0 Å². The molecule has 2 aromatic rings. The number of aryl methyl sites for hydroxylation is 1. The number of nitrogens with one attached hydrogen (secondary N) is 1. The second kappa shape index (κ2) is 6.94. The summed E-state index contributed by atoms with van der Waals surface area (Å²) in [5, 5.41) is 0.607. The minimum absolute atomic E-state index is 0.0285. The van der Waals surface area contributed by atoms with Crippen LogP contribution in [0.25, 0.3) is 0 Å². The summed E-state index contributed by atoms with van der Waals surface area (Å²) in [7, 11) is -3.85. The van der Waals surface area contributed by atoms with Crippen LogP contribution in [0.4, 0.5) is 5.69 Å². The first-order valence-corrected chi connectivity index (χ1v) is 10.2. The van der Waals surface area contributed by atoms with Gasteiger partial charge in [-0.2, -0.15) is 0 Å². The number of rotatable bonds is 3. The Morgan fingerprint density at radius 1 is 1.14 bits per heavy atom. The highest BCUT2D eigenvalue weighted by Crippen LogP contribution is 2.40. The highest BCUT2D eigenvalue weighted by atomic mass is 79.9. The molecule has 0 aliphatic heterocycles. The van der Waals surface area contributed by atoms with E-state index >= 15 is 0 Å². The SMILES string of the molecule is Cc1cc(Br)c(NS(=O)(=O)c2cnc(Cl)c(Br)c2)c(Br)c1Cl. The Morgan fingerprint density at radius 3 is 2.36 bits per heavy atom. The Bertz CT molecular complexity index is 860. The number of hydrogen-bond acceptors (Lipinski definition) is 3. The van der Waals surface area contributed by atoms with Crippen molar-refractivity contribution in [2.24, 2.45) is 0 Å². The highest BCUT2D eigenvalue weighted by Gasteiger charge is 2.21. The zero-order chi connectivity index (χ0) is 16.7. The van der Waals surface area contributed by atoms with Crippen molar-refractivity contribution in [3.8, 4) is 0 Å². The van der Waals surface area contributed by atoms with Crippen molar-refractivity contribution < 1.29 is 8.42 Å². The molecule has 0 fully saturated rings. The lowest BCUT2D eigenvalue weighted by atomic mass is 10.2. The maximum Gasteiger partial charge on any atom is 0.263 e. The topological polar surface area (TPSA) is 59.1 Å². The van der Waals surface area contributed by atoms with E-state index in [9.17, 15) is 8.42 Å². The van der Waals surface area contributed by atoms with Crippen molar-refractivity contribution in [1.29, 1.82) is 0 Å². The fourth-order valence-corrected chi connectivity index (χ4v) is 5.16. The molecule has 118 valence electrons. The van der Waals surface area contributed by atoms with Gasteiger partial charge >= 0.3 is 0 Å². The Balaban J connectivity index is 2.50. The molecule has 0 aliphatic carbocycles. The number of nitrogens with zero attached hydrogens (tertiary/aromatic N) is 1. The van der Waals surface area contributed by atoms with Gasteiger partial charge in [0.25, 0.3) is 10.0 Å². The van der Waals surface area contributed by atoms with E-state index in [1.165, 1.54) is 12.3 Å². The molecule has 0 unspecified atom stereocenters. The average molecular weight is 554 g/mol. The molecule has 0 aliphatic rings. The van der Waals surface area contributed by atoms with Crippen molar-refractivity contribution in [2.45, 2.75) is 11.8 Å². The quantitative estimate of drug-likeness (QED) is 0.387. The third-order valence-electron chi connectivity index (χ3n) is 2.66. The zero-order valence-corrected chi connectivity index (χ0v) is 17.9. The molecule has 0 saturated carbocycles. The summed E-state index contributed by atoms with van der Waals surface area (Å²) in [4.78, 5) is 3.78. The maximum absolute atomic E-state index is 12.5. The van der Waals surface area contributed by atoms with E-state index in [-0.39, 0.29) is 10.0 Å². The third-order valence-corrected chi connectivity index (χ3v) is 7.24. The molecule has 4 nitrogen and oxygen atoms in total. The number of benzene rings is 1. The van der Waals surface area contributed by atoms with Crippen LogP contribution in [0.1, 0.15) is 5.56 Å². The number of halogens is 5. The normalized spacial score (nSPS) is 11.5. The van der Waals surface area contributed by atoms with Crippen LogP contribution in [0.2, 0.25) is 10.2 Å². The molecular formula is C12H7Br3Cl2N2O2S. The first-order valence-electron chi connectivity index (χ1n) is 5.61. The molecule has 1 N–H and O–H groups in total. The number of aromatic nitrogens is 1. The lowest BCUT2D eigenvalue weighted by Gasteiger charge is -2.14. The van der Waals surface area contributed by atoms with E-state index in [0.29, 0.717) is 24.1 Å². The van der Waals surface area contributed by atoms with Gasteiger partial charge in [0.1, 0.15) is 10.0 Å². The summed E-state index contributed by atoms with van der Waals surface area (Å²) >= 11 is 21.7. The first-order chi connectivity index (χ1) is 10.1. The van der Waals surface area contributed by atoms with Gasteiger partial charge in [0, 0.05) is 10.7 Å². The molecule has 0 atom stereocenters. The molecule has 22 heavy (non-hydrogen) atoms. The van der Waals surface area contributed by atoms with E-state index in [4.69, 9.17) is 23.2 Å². The van der Waals surface area contributed by atoms with Crippen LogP contribution in [0.15, 0.2) is 36.6 Å². The number of sulfonamides is 1. The Labute approximate surface area is 163 Å². The molecule has 1 aromatic carbocycles. The molecule has 1 heterocycles. The molecule has 1 aromatic heterocycles. The fraction of sp³-hybridized carbons (Fsp3) is 0.0833. The van der Waals surface area contributed by atoms with Crippen molar-refractivity contribution in [3.63, 3.8) is 0 Å². The predicted molar refractivity (Wildman–Crippen MR) is 99.3 cm³/mol. The average Bonchev–Trinajstić information content (AvgIpc) is 2.44. The predicted octanol–water partition coefficient (Wildman–Crippen LogP) is 5.79. The Morgan fingerprint density at radius 2 is 1.77 bits per heavy atom. The molecule has 0 bridgehead atoms. The minimum atomic E-state index is -3.85.